The second kappa shape index (κ2) is 25.7. The Morgan fingerprint density at radius 3 is 2.35 bits per heavy atom. The molecule has 0 spiro atoms. The number of aromatic carboxylic acids is 1. The molecular formula is C66H74N10O12S. The summed E-state index contributed by atoms with van der Waals surface area (Å²) in [5.74, 6) is -1.92. The number of carbonyl (C=O) groups excluding carboxylic acids is 6. The average Bonchev–Trinajstić information content (AvgIpc) is 0.809. The van der Waals surface area contributed by atoms with E-state index in [-0.39, 0.29) is 72.2 Å². The van der Waals surface area contributed by atoms with Gasteiger partial charge in [0, 0.05) is 112 Å². The van der Waals surface area contributed by atoms with Gasteiger partial charge in [0.2, 0.25) is 11.8 Å². The van der Waals surface area contributed by atoms with Gasteiger partial charge in [-0.3, -0.25) is 38.9 Å². The number of methoxy groups -OCH3 is 2. The quantitative estimate of drug-likeness (QED) is 0.0389. The molecule has 22 nitrogen and oxygen atoms in total. The molecule has 466 valence electrons. The summed E-state index contributed by atoms with van der Waals surface area (Å²) < 4.78 is 26.9. The van der Waals surface area contributed by atoms with E-state index in [1.807, 2.05) is 65.0 Å². The molecule has 6 amide bonds. The van der Waals surface area contributed by atoms with Gasteiger partial charge >= 0.3 is 12.1 Å². The molecule has 12 rings (SSSR count). The number of rotatable bonds is 25. The molecule has 4 aliphatic carbocycles. The lowest BCUT2D eigenvalue weighted by Gasteiger charge is -2.69. The zero-order valence-electron chi connectivity index (χ0n) is 50.7. The Hall–Kier alpha value is -8.80. The number of ether oxygens (including phenoxy) is 4. The minimum absolute atomic E-state index is 0.00530. The molecule has 3 aromatic heterocycles. The van der Waals surface area contributed by atoms with E-state index >= 15 is 0 Å². The highest BCUT2D eigenvalue weighted by atomic mass is 32.1. The SMILES string of the molecule is COCCN(CCOC12CC3(C)CC(C)(CC(Cn4ncc(-c5ccc(N6CCc7c(OC)ccc(C(=O)Nc8nc9ccccc9s8)c7C6)nc5C(=O)O)c4C)(C3)C1)C2)C(=O)OC/C=C/c1cccc(NC(=O)CCNC(=O)CCN2C(=O)C=CC2=O)c1. The van der Waals surface area contributed by atoms with Gasteiger partial charge in [-0.25, -0.2) is 19.6 Å². The summed E-state index contributed by atoms with van der Waals surface area (Å²) in [5.41, 5.74) is 5.62. The van der Waals surface area contributed by atoms with Gasteiger partial charge in [0.05, 0.1) is 42.3 Å². The first kappa shape index (κ1) is 61.8. The fourth-order valence-corrected chi connectivity index (χ4v) is 16.0. The van der Waals surface area contributed by atoms with E-state index in [1.165, 1.54) is 11.3 Å². The highest BCUT2D eigenvalue weighted by molar-refractivity contribution is 7.22. The summed E-state index contributed by atoms with van der Waals surface area (Å²) in [5, 5.41) is 24.7. The van der Waals surface area contributed by atoms with Crippen molar-refractivity contribution >= 4 is 85.9 Å². The van der Waals surface area contributed by atoms with Gasteiger partial charge in [0.25, 0.3) is 17.7 Å². The molecule has 2 aliphatic heterocycles. The molecule has 23 heteroatoms. The number of benzene rings is 3. The standard InChI is InChI=1S/C66H74N10O12S/c1-42-48(46-16-18-53(71-58(46)60(82)83)74-25-22-45-49(34-74)47(15-17-51(45)86-5)59(81)72-61-70-50-13-6-7-14-52(50)89-61)33-68-76(42)41-65-36-63(2)35-64(3,37-65)39-66(38-63,40-65)88-31-28-73(27-30-85-4)62(84)87-29-9-11-43-10-8-12-44(32-43)69-55(78)21-24-67-54(77)23-26-75-56(79)19-20-57(75)80/h6-20,32-33H,21-31,34-41H2,1-5H3,(H,67,77)(H,69,78)(H,82,83)(H,70,72,81)/b11-9+. The monoisotopic (exact) mass is 1230 g/mol. The van der Waals surface area contributed by atoms with Crippen LogP contribution in [0, 0.1) is 23.2 Å². The van der Waals surface area contributed by atoms with Crippen molar-refractivity contribution in [3.8, 4) is 16.9 Å². The van der Waals surface area contributed by atoms with Gasteiger partial charge in [-0.2, -0.15) is 5.10 Å². The number of amides is 6. The van der Waals surface area contributed by atoms with Gasteiger partial charge in [0.15, 0.2) is 10.8 Å². The molecule has 89 heavy (non-hydrogen) atoms. The van der Waals surface area contributed by atoms with Crippen LogP contribution in [0.5, 0.6) is 5.75 Å². The molecule has 6 aromatic rings. The van der Waals surface area contributed by atoms with Crippen LogP contribution in [0.1, 0.15) is 108 Å². The fraction of sp³-hybridized carbons (Fsp3) is 0.424. The van der Waals surface area contributed by atoms with Crippen molar-refractivity contribution < 1.29 is 57.6 Å². The zero-order chi connectivity index (χ0) is 62.7. The van der Waals surface area contributed by atoms with Crippen LogP contribution < -0.4 is 25.6 Å². The summed E-state index contributed by atoms with van der Waals surface area (Å²) in [6.45, 7) is 9.43. The maximum absolute atomic E-state index is 13.9. The predicted octanol–water partition coefficient (Wildman–Crippen LogP) is 9.08. The molecular weight excluding hydrogens is 1160 g/mol. The number of thiazole rings is 1. The zero-order valence-corrected chi connectivity index (χ0v) is 51.5. The summed E-state index contributed by atoms with van der Waals surface area (Å²) in [6.07, 6.45) is 13.3. The van der Waals surface area contributed by atoms with E-state index in [0.29, 0.717) is 91.4 Å². The van der Waals surface area contributed by atoms with E-state index in [4.69, 9.17) is 29.0 Å². The number of aromatic nitrogens is 4. The number of nitrogens with zero attached hydrogens (tertiary/aromatic N) is 7. The van der Waals surface area contributed by atoms with E-state index in [0.717, 1.165) is 88.2 Å². The summed E-state index contributed by atoms with van der Waals surface area (Å²) >= 11 is 1.40. The molecule has 4 fully saturated rings. The number of carboxylic acids is 1. The first-order valence-corrected chi connectivity index (χ1v) is 30.9. The third kappa shape index (κ3) is 13.8. The molecule has 4 saturated carbocycles. The van der Waals surface area contributed by atoms with E-state index < -0.39 is 29.5 Å². The number of anilines is 3. The Bertz CT molecular complexity index is 3750. The predicted molar refractivity (Wildman–Crippen MR) is 335 cm³/mol. The van der Waals surface area contributed by atoms with Crippen LogP contribution in [-0.2, 0) is 52.9 Å². The fourth-order valence-electron chi connectivity index (χ4n) is 15.2. The van der Waals surface area contributed by atoms with Gasteiger partial charge in [-0.05, 0) is 134 Å². The number of carboxylic acid groups (broad SMARTS) is 1. The van der Waals surface area contributed by atoms with E-state index in [1.54, 1.807) is 61.7 Å². The number of pyridine rings is 1. The second-order valence-electron chi connectivity index (χ2n) is 24.9. The molecule has 3 aromatic carbocycles. The Labute approximate surface area is 519 Å². The van der Waals surface area contributed by atoms with Gasteiger partial charge in [0.1, 0.15) is 18.2 Å². The molecule has 2 unspecified atom stereocenters. The molecule has 5 heterocycles. The lowest BCUT2D eigenvalue weighted by atomic mass is 9.39. The number of nitrogens with one attached hydrogen (secondary N) is 3. The smallest absolute Gasteiger partial charge is 0.410 e. The molecule has 4 N–H and O–H groups in total. The minimum Gasteiger partial charge on any atom is -0.496 e. The topological polar surface area (TPSA) is 266 Å². The Morgan fingerprint density at radius 2 is 1.60 bits per heavy atom. The highest BCUT2D eigenvalue weighted by Gasteiger charge is 2.66. The van der Waals surface area contributed by atoms with Crippen LogP contribution in [0.4, 0.5) is 21.4 Å². The summed E-state index contributed by atoms with van der Waals surface area (Å²) in [6, 6.07) is 22.1. The largest absolute Gasteiger partial charge is 0.496 e. The number of hydrogen-bond donors (Lipinski definition) is 4. The van der Waals surface area contributed by atoms with E-state index in [9.17, 15) is 38.7 Å². The second-order valence-corrected chi connectivity index (χ2v) is 25.9. The van der Waals surface area contributed by atoms with Crippen LogP contribution in [0.3, 0.4) is 0 Å². The van der Waals surface area contributed by atoms with E-state index in [2.05, 4.69) is 34.8 Å². The van der Waals surface area contributed by atoms with Gasteiger partial charge in [-0.15, -0.1) is 0 Å². The number of para-hydroxylation sites is 1. The van der Waals surface area contributed by atoms with Crippen molar-refractivity contribution in [3.63, 3.8) is 0 Å². The van der Waals surface area contributed by atoms with Crippen molar-refractivity contribution in [3.05, 3.63) is 131 Å². The molecule has 0 radical (unpaired) electrons. The summed E-state index contributed by atoms with van der Waals surface area (Å²) in [7, 11) is 3.20. The maximum atomic E-state index is 13.9. The molecule has 6 aliphatic rings. The Balaban J connectivity index is 0.699. The third-order valence-corrected chi connectivity index (χ3v) is 18.8. The molecule has 4 bridgehead atoms. The normalized spacial score (nSPS) is 21.6. The highest BCUT2D eigenvalue weighted by Crippen LogP contribution is 2.72. The van der Waals surface area contributed by atoms with Crippen LogP contribution in [0.2, 0.25) is 0 Å². The lowest BCUT2D eigenvalue weighted by molar-refractivity contribution is -0.248. The van der Waals surface area contributed by atoms with Crippen molar-refractivity contribution in [2.24, 2.45) is 16.2 Å². The number of hydrogen-bond acceptors (Lipinski definition) is 16. The van der Waals surface area contributed by atoms with Crippen molar-refractivity contribution in [1.82, 2.24) is 34.9 Å². The van der Waals surface area contributed by atoms with Crippen molar-refractivity contribution in [2.75, 3.05) is 82.3 Å². The first-order chi connectivity index (χ1) is 42.7. The van der Waals surface area contributed by atoms with Gasteiger partial charge in [-0.1, -0.05) is 55.5 Å². The number of imide groups is 1. The lowest BCUT2D eigenvalue weighted by Crippen LogP contribution is -2.64. The minimum atomic E-state index is -1.16. The summed E-state index contributed by atoms with van der Waals surface area (Å²) in [4.78, 5) is 103. The maximum Gasteiger partial charge on any atom is 0.410 e. The average molecular weight is 1230 g/mol. The van der Waals surface area contributed by atoms with Crippen LogP contribution >= 0.6 is 11.3 Å². The Kier molecular flexibility index (Phi) is 17.9. The number of carbonyl (C=O) groups is 7. The van der Waals surface area contributed by atoms with Crippen LogP contribution in [0.25, 0.3) is 27.4 Å². The Morgan fingerprint density at radius 1 is 0.820 bits per heavy atom. The first-order valence-electron chi connectivity index (χ1n) is 30.0. The number of fused-ring (bicyclic) bond motifs is 2. The van der Waals surface area contributed by atoms with Gasteiger partial charge < -0.3 is 44.5 Å². The molecule has 2 atom stereocenters. The van der Waals surface area contributed by atoms with Crippen LogP contribution in [0.15, 0.2) is 97.2 Å². The third-order valence-electron chi connectivity index (χ3n) is 17.8. The van der Waals surface area contributed by atoms with Crippen molar-refractivity contribution in [2.45, 2.75) is 97.2 Å². The van der Waals surface area contributed by atoms with Crippen LogP contribution in [-0.4, -0.2) is 149 Å². The molecule has 0 saturated heterocycles. The van der Waals surface area contributed by atoms with Crippen molar-refractivity contribution in [1.29, 1.82) is 0 Å².